The Labute approximate surface area is 170 Å². The number of benzene rings is 2. The van der Waals surface area contributed by atoms with E-state index in [0.717, 1.165) is 9.87 Å². The molecule has 3 rings (SSSR count). The van der Waals surface area contributed by atoms with Crippen LogP contribution in [0.4, 0.5) is 11.4 Å². The lowest BCUT2D eigenvalue weighted by Crippen LogP contribution is -2.24. The molecule has 6 nitrogen and oxygen atoms in total. The van der Waals surface area contributed by atoms with Crippen LogP contribution < -0.4 is 9.62 Å². The molecule has 0 fully saturated rings. The fraction of sp³-hybridized carbons (Fsp3) is 0.100. The largest absolute Gasteiger partial charge is 0.755 e. The normalized spacial score (nSPS) is 11.7. The molecule has 0 bridgehead atoms. The minimum absolute atomic E-state index is 0.308. The van der Waals surface area contributed by atoms with Crippen molar-refractivity contribution in [3.63, 3.8) is 0 Å². The first-order valence-corrected chi connectivity index (χ1v) is 9.79. The number of pyridine rings is 1. The molecule has 144 valence electrons. The number of halogens is 1. The highest BCUT2D eigenvalue weighted by Crippen LogP contribution is 2.31. The Hall–Kier alpha value is -2.74. The van der Waals surface area contributed by atoms with Crippen LogP contribution in [0.25, 0.3) is 0 Å². The molecule has 1 N–H and O–H groups in total. The van der Waals surface area contributed by atoms with Crippen LogP contribution in [0.3, 0.4) is 0 Å². The summed E-state index contributed by atoms with van der Waals surface area (Å²) in [6.45, 7) is 2.10. The van der Waals surface area contributed by atoms with Gasteiger partial charge < -0.3 is 9.87 Å². The molecule has 8 heteroatoms. The summed E-state index contributed by atoms with van der Waals surface area (Å²) in [5.74, 6) is -0.308. The van der Waals surface area contributed by atoms with Crippen molar-refractivity contribution >= 4 is 40.1 Å². The number of hydrogen-bond donors (Lipinski definition) is 1. The molecule has 0 radical (unpaired) electrons. The molecular weight excluding hydrogens is 398 g/mol. The summed E-state index contributed by atoms with van der Waals surface area (Å²) >= 11 is 3.32. The smallest absolute Gasteiger partial charge is 0.251 e. The first-order valence-electron chi connectivity index (χ1n) is 8.38. The maximum absolute atomic E-state index is 12.5. The van der Waals surface area contributed by atoms with E-state index in [2.05, 4.69) is 10.3 Å². The van der Waals surface area contributed by atoms with Gasteiger partial charge in [0.2, 0.25) is 0 Å². The summed E-state index contributed by atoms with van der Waals surface area (Å²) in [7, 11) is 0. The van der Waals surface area contributed by atoms with Gasteiger partial charge in [0, 0.05) is 29.5 Å². The van der Waals surface area contributed by atoms with E-state index in [1.54, 1.807) is 67.8 Å². The third-order valence-corrected chi connectivity index (χ3v) is 5.03. The van der Waals surface area contributed by atoms with Gasteiger partial charge in [-0.1, -0.05) is 23.7 Å². The molecular formula is C20H17ClN3O3S-. The summed E-state index contributed by atoms with van der Waals surface area (Å²) in [4.78, 5) is 16.5. The zero-order chi connectivity index (χ0) is 20.1. The topological polar surface area (TPSA) is 85.4 Å². The number of carbonyl (C=O) groups excluding carboxylic acids is 1. The molecule has 0 saturated heterocycles. The first kappa shape index (κ1) is 20.0. The Balaban J connectivity index is 1.87. The van der Waals surface area contributed by atoms with E-state index in [-0.39, 0.29) is 5.91 Å². The molecule has 0 spiro atoms. The third-order valence-electron chi connectivity index (χ3n) is 4.08. The predicted molar refractivity (Wildman–Crippen MR) is 109 cm³/mol. The highest BCUT2D eigenvalue weighted by molar-refractivity contribution is 7.81. The SMILES string of the molecule is Cc1ccc(C(=O)NCc2cccnc2)cc1N(c1ccc(Cl)cc1)S(=O)[O-]. The Morgan fingerprint density at radius 3 is 2.61 bits per heavy atom. The van der Waals surface area contributed by atoms with Crippen LogP contribution in [0.1, 0.15) is 21.5 Å². The minimum atomic E-state index is -2.58. The number of aryl methyl sites for hydroxylation is 1. The van der Waals surface area contributed by atoms with E-state index in [1.807, 2.05) is 6.07 Å². The van der Waals surface area contributed by atoms with Gasteiger partial charge in [0.15, 0.2) is 0 Å². The van der Waals surface area contributed by atoms with Gasteiger partial charge in [0.05, 0.1) is 22.6 Å². The van der Waals surface area contributed by atoms with Crippen LogP contribution in [0.5, 0.6) is 0 Å². The molecule has 1 aromatic heterocycles. The maximum atomic E-state index is 12.5. The Morgan fingerprint density at radius 1 is 1.21 bits per heavy atom. The molecule has 2 aromatic carbocycles. The van der Waals surface area contributed by atoms with Crippen molar-refractivity contribution in [1.29, 1.82) is 0 Å². The lowest BCUT2D eigenvalue weighted by atomic mass is 10.1. The number of amides is 1. The molecule has 0 saturated carbocycles. The molecule has 0 aliphatic rings. The van der Waals surface area contributed by atoms with E-state index >= 15 is 0 Å². The van der Waals surface area contributed by atoms with Crippen LogP contribution in [0.15, 0.2) is 67.0 Å². The molecule has 0 aliphatic heterocycles. The Kier molecular flexibility index (Phi) is 6.41. The minimum Gasteiger partial charge on any atom is -0.755 e. The zero-order valence-electron chi connectivity index (χ0n) is 15.0. The fourth-order valence-electron chi connectivity index (χ4n) is 2.64. The second-order valence-electron chi connectivity index (χ2n) is 6.03. The van der Waals surface area contributed by atoms with E-state index in [9.17, 15) is 13.6 Å². The van der Waals surface area contributed by atoms with Gasteiger partial charge in [-0.2, -0.15) is 0 Å². The number of carbonyl (C=O) groups is 1. The van der Waals surface area contributed by atoms with Crippen molar-refractivity contribution in [2.75, 3.05) is 4.31 Å². The number of nitrogens with zero attached hydrogens (tertiary/aromatic N) is 2. The Bertz CT molecular complexity index is 997. The average Bonchev–Trinajstić information content (AvgIpc) is 2.70. The summed E-state index contributed by atoms with van der Waals surface area (Å²) in [5, 5.41) is 3.31. The van der Waals surface area contributed by atoms with Crippen LogP contribution >= 0.6 is 11.6 Å². The highest BCUT2D eigenvalue weighted by atomic mass is 35.5. The van der Waals surface area contributed by atoms with Crippen LogP contribution in [0.2, 0.25) is 5.02 Å². The van der Waals surface area contributed by atoms with Crippen molar-refractivity contribution in [3.8, 4) is 0 Å². The van der Waals surface area contributed by atoms with Crippen molar-refractivity contribution in [2.24, 2.45) is 0 Å². The van der Waals surface area contributed by atoms with Gasteiger partial charge in [-0.25, -0.2) is 0 Å². The second kappa shape index (κ2) is 8.97. The molecule has 1 unspecified atom stereocenters. The summed E-state index contributed by atoms with van der Waals surface area (Å²) in [6.07, 6.45) is 3.33. The second-order valence-corrected chi connectivity index (χ2v) is 7.27. The average molecular weight is 415 g/mol. The van der Waals surface area contributed by atoms with E-state index in [0.29, 0.717) is 34.1 Å². The Morgan fingerprint density at radius 2 is 1.96 bits per heavy atom. The zero-order valence-corrected chi connectivity index (χ0v) is 16.5. The van der Waals surface area contributed by atoms with Gasteiger partial charge in [0.1, 0.15) is 0 Å². The predicted octanol–water partition coefficient (Wildman–Crippen LogP) is 3.91. The fourth-order valence-corrected chi connectivity index (χ4v) is 3.42. The van der Waals surface area contributed by atoms with Crippen molar-refractivity contribution in [3.05, 3.63) is 88.7 Å². The molecule has 1 atom stereocenters. The van der Waals surface area contributed by atoms with Crippen molar-refractivity contribution in [2.45, 2.75) is 13.5 Å². The van der Waals surface area contributed by atoms with Crippen LogP contribution in [-0.4, -0.2) is 19.7 Å². The van der Waals surface area contributed by atoms with Crippen LogP contribution in [0, 0.1) is 6.92 Å². The lowest BCUT2D eigenvalue weighted by molar-refractivity contribution is 0.0951. The van der Waals surface area contributed by atoms with Gasteiger partial charge in [0.25, 0.3) is 5.91 Å². The van der Waals surface area contributed by atoms with Gasteiger partial charge in [-0.05, 0) is 60.5 Å². The van der Waals surface area contributed by atoms with E-state index in [1.165, 1.54) is 0 Å². The third kappa shape index (κ3) is 4.75. The number of anilines is 2. The summed E-state index contributed by atoms with van der Waals surface area (Å²) < 4.78 is 25.0. The summed E-state index contributed by atoms with van der Waals surface area (Å²) in [6, 6.07) is 15.0. The lowest BCUT2D eigenvalue weighted by Gasteiger charge is -2.28. The summed E-state index contributed by atoms with van der Waals surface area (Å²) in [5.41, 5.74) is 2.75. The van der Waals surface area contributed by atoms with E-state index in [4.69, 9.17) is 11.6 Å². The molecule has 3 aromatic rings. The monoisotopic (exact) mass is 414 g/mol. The molecule has 28 heavy (non-hydrogen) atoms. The highest BCUT2D eigenvalue weighted by Gasteiger charge is 2.16. The molecule has 1 amide bonds. The van der Waals surface area contributed by atoms with Crippen LogP contribution in [-0.2, 0) is 17.8 Å². The quantitative estimate of drug-likeness (QED) is 0.620. The van der Waals surface area contributed by atoms with Crippen molar-refractivity contribution in [1.82, 2.24) is 10.3 Å². The van der Waals surface area contributed by atoms with Gasteiger partial charge >= 0.3 is 0 Å². The standard InChI is InChI=1S/C20H18ClN3O3S/c1-14-4-5-16(20(25)23-13-15-3-2-10-22-12-15)11-19(14)24(28(26)27)18-8-6-17(21)7-9-18/h2-12H,13H2,1H3,(H,23,25)(H,26,27)/p-1. The number of nitrogens with one attached hydrogen (secondary N) is 1. The van der Waals surface area contributed by atoms with Gasteiger partial charge in [-0.3, -0.25) is 18.3 Å². The number of rotatable bonds is 6. The maximum Gasteiger partial charge on any atom is 0.251 e. The molecule has 0 aliphatic carbocycles. The molecule has 1 heterocycles. The van der Waals surface area contributed by atoms with Crippen molar-refractivity contribution < 1.29 is 13.6 Å². The van der Waals surface area contributed by atoms with Gasteiger partial charge in [-0.15, -0.1) is 0 Å². The number of hydrogen-bond acceptors (Lipinski definition) is 4. The van der Waals surface area contributed by atoms with E-state index < -0.39 is 11.3 Å². The first-order chi connectivity index (χ1) is 13.5. The number of aromatic nitrogens is 1.